The third-order valence-electron chi connectivity index (χ3n) is 1.42. The summed E-state index contributed by atoms with van der Waals surface area (Å²) in [5.74, 6) is -3.43. The molecule has 0 atom stereocenters. The van der Waals surface area contributed by atoms with Gasteiger partial charge in [-0.1, -0.05) is 0 Å². The van der Waals surface area contributed by atoms with E-state index in [1.54, 1.807) is 0 Å². The van der Waals surface area contributed by atoms with Crippen LogP contribution < -0.4 is 0 Å². The van der Waals surface area contributed by atoms with E-state index in [1.807, 2.05) is 0 Å². The van der Waals surface area contributed by atoms with Gasteiger partial charge >= 0.3 is 5.79 Å². The summed E-state index contributed by atoms with van der Waals surface area (Å²) >= 11 is 0. The maximum Gasteiger partial charge on any atom is 0.704 e. The Kier molecular flexibility index (Phi) is 3.56. The summed E-state index contributed by atoms with van der Waals surface area (Å²) in [7, 11) is 1.20. The first kappa shape index (κ1) is 11.9. The number of nitro groups is 3. The molecule has 10 heteroatoms. The molecule has 78 valence electrons. The number of rotatable bonds is 5. The van der Waals surface area contributed by atoms with E-state index in [1.165, 1.54) is 7.05 Å². The predicted molar refractivity (Wildman–Crippen MR) is 42.7 cm³/mol. The van der Waals surface area contributed by atoms with Crippen LogP contribution in [0.5, 0.6) is 0 Å². The summed E-state index contributed by atoms with van der Waals surface area (Å²) < 4.78 is 0. The number of aliphatic imine (C=N–C) groups is 1. The fourth-order valence-corrected chi connectivity index (χ4v) is 0.637. The molecule has 0 bridgehead atoms. The van der Waals surface area contributed by atoms with Crippen molar-refractivity contribution >= 4 is 6.21 Å². The summed E-state index contributed by atoms with van der Waals surface area (Å²) in [6.45, 7) is 0. The first-order chi connectivity index (χ1) is 6.39. The minimum absolute atomic E-state index is 0.758. The van der Waals surface area contributed by atoms with Crippen molar-refractivity contribution in [1.82, 2.24) is 0 Å². The van der Waals surface area contributed by atoms with Gasteiger partial charge in [-0.05, 0) is 0 Å². The van der Waals surface area contributed by atoms with Crippen LogP contribution in [0.1, 0.15) is 6.42 Å². The lowest BCUT2D eigenvalue weighted by molar-refractivity contribution is -0.967. The molecule has 0 heterocycles. The SMILES string of the molecule is CN=CCC([N+](=O)[O-])([N+](=O)[O-])[N+](=O)[O-]. The van der Waals surface area contributed by atoms with Gasteiger partial charge in [-0.3, -0.25) is 35.3 Å². The molecule has 14 heavy (non-hydrogen) atoms. The van der Waals surface area contributed by atoms with Crippen molar-refractivity contribution in [3.8, 4) is 0 Å². The van der Waals surface area contributed by atoms with Crippen LogP contribution in [0.25, 0.3) is 0 Å². The molecule has 0 saturated carbocycles. The highest BCUT2D eigenvalue weighted by Gasteiger charge is 2.69. The Morgan fingerprint density at radius 1 is 1.14 bits per heavy atom. The van der Waals surface area contributed by atoms with E-state index >= 15 is 0 Å². The van der Waals surface area contributed by atoms with Crippen LogP contribution in [0.15, 0.2) is 4.99 Å². The second kappa shape index (κ2) is 4.20. The fraction of sp³-hybridized carbons (Fsp3) is 0.750. The Morgan fingerprint density at radius 2 is 1.50 bits per heavy atom. The Hall–Kier alpha value is -2.13. The summed E-state index contributed by atoms with van der Waals surface area (Å²) in [5, 5.41) is 30.8. The van der Waals surface area contributed by atoms with E-state index in [4.69, 9.17) is 0 Å². The third-order valence-corrected chi connectivity index (χ3v) is 1.42. The Balaban J connectivity index is 5.27. The molecule has 10 nitrogen and oxygen atoms in total. The van der Waals surface area contributed by atoms with Gasteiger partial charge in [0.2, 0.25) is 6.42 Å². The van der Waals surface area contributed by atoms with Crippen molar-refractivity contribution in [2.45, 2.75) is 12.2 Å². The van der Waals surface area contributed by atoms with Gasteiger partial charge in [0.1, 0.15) is 0 Å². The van der Waals surface area contributed by atoms with Crippen LogP contribution in [0, 0.1) is 30.3 Å². The van der Waals surface area contributed by atoms with E-state index in [-0.39, 0.29) is 0 Å². The van der Waals surface area contributed by atoms with Crippen LogP contribution in [0.2, 0.25) is 0 Å². The van der Waals surface area contributed by atoms with Gasteiger partial charge in [0, 0.05) is 13.3 Å². The molecule has 0 aliphatic carbocycles. The van der Waals surface area contributed by atoms with Crippen LogP contribution in [-0.4, -0.2) is 33.8 Å². The van der Waals surface area contributed by atoms with Gasteiger partial charge in [-0.2, -0.15) is 0 Å². The molecule has 0 fully saturated rings. The lowest BCUT2D eigenvalue weighted by atomic mass is 10.3. The van der Waals surface area contributed by atoms with E-state index in [0.717, 1.165) is 6.21 Å². The zero-order valence-corrected chi connectivity index (χ0v) is 7.02. The monoisotopic (exact) mass is 206 g/mol. The van der Waals surface area contributed by atoms with Crippen LogP contribution >= 0.6 is 0 Å². The molecule has 0 amide bonds. The molecule has 0 spiro atoms. The van der Waals surface area contributed by atoms with Crippen LogP contribution in [0.3, 0.4) is 0 Å². The predicted octanol–water partition coefficient (Wildman–Crippen LogP) is -0.439. The Labute approximate surface area is 76.7 Å². The molecule has 0 rings (SSSR count). The van der Waals surface area contributed by atoms with E-state index in [2.05, 4.69) is 4.99 Å². The van der Waals surface area contributed by atoms with Crippen molar-refractivity contribution in [2.75, 3.05) is 7.05 Å². The van der Waals surface area contributed by atoms with E-state index in [0.29, 0.717) is 0 Å². The van der Waals surface area contributed by atoms with Crippen LogP contribution in [0.4, 0.5) is 0 Å². The molecule has 0 aliphatic heterocycles. The molecule has 0 radical (unpaired) electrons. The summed E-state index contributed by atoms with van der Waals surface area (Å²) in [6.07, 6.45) is -0.231. The lowest BCUT2D eigenvalue weighted by Crippen LogP contribution is -2.53. The van der Waals surface area contributed by atoms with Gasteiger partial charge in [-0.15, -0.1) is 0 Å². The Bertz CT molecular complexity index is 262. The quantitative estimate of drug-likeness (QED) is 0.258. The second-order valence-corrected chi connectivity index (χ2v) is 2.19. The van der Waals surface area contributed by atoms with Crippen molar-refractivity contribution in [1.29, 1.82) is 0 Å². The maximum absolute atomic E-state index is 10.3. The van der Waals surface area contributed by atoms with Gasteiger partial charge in [-0.25, -0.2) is 0 Å². The van der Waals surface area contributed by atoms with E-state index < -0.39 is 27.0 Å². The normalized spacial score (nSPS) is 11.5. The van der Waals surface area contributed by atoms with E-state index in [9.17, 15) is 30.3 Å². The van der Waals surface area contributed by atoms with Crippen molar-refractivity contribution in [2.24, 2.45) is 4.99 Å². The lowest BCUT2D eigenvalue weighted by Gasteiger charge is -2.05. The summed E-state index contributed by atoms with van der Waals surface area (Å²) in [6, 6.07) is 0. The molecule has 0 saturated heterocycles. The van der Waals surface area contributed by atoms with Gasteiger partial charge in [0.15, 0.2) is 14.8 Å². The smallest absolute Gasteiger partial charge is 0.300 e. The zero-order chi connectivity index (χ0) is 11.4. The molecule has 0 N–H and O–H groups in total. The molecular formula is C4H6N4O6. The minimum atomic E-state index is -3.43. The molecule has 0 aromatic heterocycles. The van der Waals surface area contributed by atoms with Gasteiger partial charge in [0.25, 0.3) is 0 Å². The van der Waals surface area contributed by atoms with Crippen LogP contribution in [-0.2, 0) is 0 Å². The van der Waals surface area contributed by atoms with Crippen molar-refractivity contribution in [3.05, 3.63) is 30.3 Å². The maximum atomic E-state index is 10.3. The first-order valence-corrected chi connectivity index (χ1v) is 3.23. The largest absolute Gasteiger partial charge is 0.704 e. The third kappa shape index (κ3) is 1.78. The van der Waals surface area contributed by atoms with Gasteiger partial charge < -0.3 is 0 Å². The second-order valence-electron chi connectivity index (χ2n) is 2.19. The number of nitrogens with zero attached hydrogens (tertiary/aromatic N) is 4. The first-order valence-electron chi connectivity index (χ1n) is 3.23. The summed E-state index contributed by atoms with van der Waals surface area (Å²) in [5.41, 5.74) is 0. The van der Waals surface area contributed by atoms with Crippen molar-refractivity contribution < 1.29 is 14.8 Å². The average Bonchev–Trinajstić information content (AvgIpc) is 2.03. The number of hydrogen-bond acceptors (Lipinski definition) is 7. The minimum Gasteiger partial charge on any atom is -0.300 e. The number of hydrogen-bond donors (Lipinski definition) is 0. The average molecular weight is 206 g/mol. The highest BCUT2D eigenvalue weighted by Crippen LogP contribution is 2.15. The van der Waals surface area contributed by atoms with Crippen molar-refractivity contribution in [3.63, 3.8) is 0 Å². The molecular weight excluding hydrogens is 200 g/mol. The topological polar surface area (TPSA) is 142 Å². The molecule has 0 aliphatic rings. The fourth-order valence-electron chi connectivity index (χ4n) is 0.637. The standard InChI is InChI=1S/C4H6N4O6/c1-5-3-2-4(6(9)10,7(11)12)8(13)14/h3H,2H2,1H3. The van der Waals surface area contributed by atoms with Gasteiger partial charge in [0.05, 0.1) is 0 Å². The molecule has 0 unspecified atom stereocenters. The Morgan fingerprint density at radius 3 is 1.71 bits per heavy atom. The summed E-state index contributed by atoms with van der Waals surface area (Å²) in [4.78, 5) is 29.4. The zero-order valence-electron chi connectivity index (χ0n) is 7.02. The molecule has 0 aromatic rings. The highest BCUT2D eigenvalue weighted by molar-refractivity contribution is 5.57. The highest BCUT2D eigenvalue weighted by atomic mass is 16.7. The molecule has 0 aromatic carbocycles.